The predicted octanol–water partition coefficient (Wildman–Crippen LogP) is 0.915. The number of hydrogen-bond donors (Lipinski definition) is 1. The second kappa shape index (κ2) is 6.77. The summed E-state index contributed by atoms with van der Waals surface area (Å²) in [6.45, 7) is 4.54. The first kappa shape index (κ1) is 15.6. The van der Waals surface area contributed by atoms with Gasteiger partial charge in [0.15, 0.2) is 11.6 Å². The largest absolute Gasteiger partial charge is 0.327 e. The van der Waals surface area contributed by atoms with Crippen molar-refractivity contribution >= 4 is 10.0 Å². The molecular weight excluding hydrogens is 290 g/mol. The van der Waals surface area contributed by atoms with Gasteiger partial charge in [0, 0.05) is 37.9 Å². The van der Waals surface area contributed by atoms with Crippen LogP contribution in [0.25, 0.3) is 11.6 Å². The quantitative estimate of drug-likeness (QED) is 0.821. The number of nitrogens with one attached hydrogen (secondary N) is 1. The summed E-state index contributed by atoms with van der Waals surface area (Å²) in [5.74, 6) is 1.38. The average Bonchev–Trinajstić information content (AvgIpc) is 2.86. The average molecular weight is 309 g/mol. The van der Waals surface area contributed by atoms with Crippen molar-refractivity contribution < 1.29 is 8.42 Å². The van der Waals surface area contributed by atoms with E-state index in [0.29, 0.717) is 24.7 Å². The van der Waals surface area contributed by atoms with E-state index in [9.17, 15) is 8.42 Å². The van der Waals surface area contributed by atoms with Gasteiger partial charge < -0.3 is 4.57 Å². The lowest BCUT2D eigenvalue weighted by atomic mass is 10.3. The van der Waals surface area contributed by atoms with Gasteiger partial charge in [-0.2, -0.15) is 0 Å². The maximum absolute atomic E-state index is 11.8. The molecule has 0 fully saturated rings. The van der Waals surface area contributed by atoms with Crippen molar-refractivity contribution in [1.29, 1.82) is 0 Å². The van der Waals surface area contributed by atoms with Crippen LogP contribution in [0.3, 0.4) is 0 Å². The Hall–Kier alpha value is -1.80. The zero-order valence-electron chi connectivity index (χ0n) is 12.1. The number of hydrogen-bond acceptors (Lipinski definition) is 5. The van der Waals surface area contributed by atoms with Gasteiger partial charge in [-0.3, -0.25) is 0 Å². The van der Waals surface area contributed by atoms with E-state index in [4.69, 9.17) is 0 Å². The number of aromatic nitrogens is 4. The molecule has 0 aliphatic rings. The molecule has 0 spiro atoms. The first-order valence-electron chi connectivity index (χ1n) is 6.74. The first-order valence-corrected chi connectivity index (χ1v) is 8.39. The van der Waals surface area contributed by atoms with Gasteiger partial charge in [0.25, 0.3) is 0 Å². The molecule has 0 aromatic carbocycles. The fourth-order valence-corrected chi connectivity index (χ4v) is 3.33. The molecule has 0 aliphatic carbocycles. The molecule has 1 N–H and O–H groups in total. The highest BCUT2D eigenvalue weighted by molar-refractivity contribution is 7.89. The summed E-state index contributed by atoms with van der Waals surface area (Å²) < 4.78 is 27.9. The summed E-state index contributed by atoms with van der Waals surface area (Å²) in [6.07, 6.45) is 6.72. The lowest BCUT2D eigenvalue weighted by molar-refractivity contribution is 0.561. The van der Waals surface area contributed by atoms with Crippen LogP contribution >= 0.6 is 0 Å². The van der Waals surface area contributed by atoms with E-state index in [1.807, 2.05) is 18.4 Å². The van der Waals surface area contributed by atoms with Crippen LogP contribution in [-0.4, -0.2) is 40.2 Å². The highest BCUT2D eigenvalue weighted by atomic mass is 32.2. The summed E-state index contributed by atoms with van der Waals surface area (Å²) in [6, 6.07) is 1.73. The molecule has 0 saturated carbocycles. The van der Waals surface area contributed by atoms with Crippen LogP contribution < -0.4 is 4.72 Å². The Labute approximate surface area is 124 Å². The fourth-order valence-electron chi connectivity index (χ4n) is 1.93. The maximum Gasteiger partial charge on any atom is 0.211 e. The number of imidazole rings is 1. The molecule has 0 saturated heterocycles. The van der Waals surface area contributed by atoms with Gasteiger partial charge in [0.2, 0.25) is 10.0 Å². The van der Waals surface area contributed by atoms with E-state index in [1.165, 1.54) is 0 Å². The van der Waals surface area contributed by atoms with Gasteiger partial charge in [0.1, 0.15) is 0 Å². The second-order valence-electron chi connectivity index (χ2n) is 5.09. The van der Waals surface area contributed by atoms with Crippen molar-refractivity contribution in [2.45, 2.75) is 20.4 Å². The summed E-state index contributed by atoms with van der Waals surface area (Å²) >= 11 is 0. The van der Waals surface area contributed by atoms with Crippen molar-refractivity contribution in [3.8, 4) is 11.6 Å². The Morgan fingerprint density at radius 1 is 1.19 bits per heavy atom. The SMILES string of the molecule is CC(C)CS(=O)(=O)NCCn1ccnc1-c1ncccn1. The van der Waals surface area contributed by atoms with Crippen molar-refractivity contribution in [1.82, 2.24) is 24.2 Å². The minimum atomic E-state index is -3.23. The third-order valence-corrected chi connectivity index (χ3v) is 4.46. The molecule has 7 nitrogen and oxygen atoms in total. The zero-order valence-corrected chi connectivity index (χ0v) is 12.9. The Balaban J connectivity index is 1.98. The van der Waals surface area contributed by atoms with Gasteiger partial charge in [0.05, 0.1) is 5.75 Å². The van der Waals surface area contributed by atoms with Crippen LogP contribution in [0.1, 0.15) is 13.8 Å². The predicted molar refractivity (Wildman–Crippen MR) is 79.9 cm³/mol. The summed E-state index contributed by atoms with van der Waals surface area (Å²) in [5, 5.41) is 0. The highest BCUT2D eigenvalue weighted by Gasteiger charge is 2.13. The molecule has 0 bridgehead atoms. The Morgan fingerprint density at radius 3 is 2.57 bits per heavy atom. The van der Waals surface area contributed by atoms with Gasteiger partial charge in [-0.1, -0.05) is 13.8 Å². The molecule has 2 aromatic heterocycles. The molecule has 0 amide bonds. The number of rotatable bonds is 7. The van der Waals surface area contributed by atoms with Gasteiger partial charge in [-0.15, -0.1) is 0 Å². The molecule has 21 heavy (non-hydrogen) atoms. The van der Waals surface area contributed by atoms with Crippen molar-refractivity contribution in [2.24, 2.45) is 5.92 Å². The molecule has 0 radical (unpaired) electrons. The topological polar surface area (TPSA) is 89.8 Å². The third kappa shape index (κ3) is 4.61. The highest BCUT2D eigenvalue weighted by Crippen LogP contribution is 2.10. The maximum atomic E-state index is 11.8. The first-order chi connectivity index (χ1) is 9.98. The second-order valence-corrected chi connectivity index (χ2v) is 6.94. The van der Waals surface area contributed by atoms with Crippen LogP contribution in [0.2, 0.25) is 0 Å². The smallest absolute Gasteiger partial charge is 0.211 e. The normalized spacial score (nSPS) is 12.0. The van der Waals surface area contributed by atoms with Crippen molar-refractivity contribution in [3.63, 3.8) is 0 Å². The van der Waals surface area contributed by atoms with Crippen LogP contribution in [0.15, 0.2) is 30.9 Å². The van der Waals surface area contributed by atoms with Crippen molar-refractivity contribution in [2.75, 3.05) is 12.3 Å². The summed E-state index contributed by atoms with van der Waals surface area (Å²) in [5.41, 5.74) is 0. The molecule has 0 unspecified atom stereocenters. The molecule has 2 heterocycles. The molecular formula is C13H19N5O2S. The van der Waals surface area contributed by atoms with Gasteiger partial charge in [-0.25, -0.2) is 28.1 Å². The van der Waals surface area contributed by atoms with Crippen LogP contribution in [0, 0.1) is 5.92 Å². The van der Waals surface area contributed by atoms with Crippen molar-refractivity contribution in [3.05, 3.63) is 30.9 Å². The van der Waals surface area contributed by atoms with E-state index in [0.717, 1.165) is 0 Å². The van der Waals surface area contributed by atoms with E-state index in [-0.39, 0.29) is 11.7 Å². The number of sulfonamides is 1. The lowest BCUT2D eigenvalue weighted by Crippen LogP contribution is -2.31. The van der Waals surface area contributed by atoms with Crippen LogP contribution in [0.4, 0.5) is 0 Å². The summed E-state index contributed by atoms with van der Waals surface area (Å²) in [7, 11) is -3.23. The third-order valence-electron chi connectivity index (χ3n) is 2.71. The van der Waals surface area contributed by atoms with Crippen LogP contribution in [-0.2, 0) is 16.6 Å². The molecule has 2 aromatic rings. The minimum Gasteiger partial charge on any atom is -0.327 e. The fraction of sp³-hybridized carbons (Fsp3) is 0.462. The van der Waals surface area contributed by atoms with E-state index in [2.05, 4.69) is 19.7 Å². The molecule has 8 heteroatoms. The van der Waals surface area contributed by atoms with Gasteiger partial charge in [-0.05, 0) is 12.0 Å². The molecule has 0 aliphatic heterocycles. The van der Waals surface area contributed by atoms with Crippen LogP contribution in [0.5, 0.6) is 0 Å². The Bertz CT molecular complexity index is 667. The summed E-state index contributed by atoms with van der Waals surface area (Å²) in [4.78, 5) is 12.5. The number of nitrogens with zero attached hydrogens (tertiary/aromatic N) is 4. The molecule has 0 atom stereocenters. The van der Waals surface area contributed by atoms with E-state index in [1.54, 1.807) is 30.9 Å². The Morgan fingerprint density at radius 2 is 1.90 bits per heavy atom. The monoisotopic (exact) mass is 309 g/mol. The Kier molecular flexibility index (Phi) is 5.03. The van der Waals surface area contributed by atoms with E-state index < -0.39 is 10.0 Å². The minimum absolute atomic E-state index is 0.101. The molecule has 114 valence electrons. The van der Waals surface area contributed by atoms with Gasteiger partial charge >= 0.3 is 0 Å². The standard InChI is InChI=1S/C13H19N5O2S/c1-11(2)10-21(19,20)17-7-9-18-8-6-16-13(18)12-14-4-3-5-15-12/h3-6,8,11,17H,7,9-10H2,1-2H3. The zero-order chi connectivity index (χ0) is 15.3. The van der Waals surface area contributed by atoms with E-state index >= 15 is 0 Å². The molecule has 2 rings (SSSR count). The lowest BCUT2D eigenvalue weighted by Gasteiger charge is -2.10.